The lowest BCUT2D eigenvalue weighted by Crippen LogP contribution is -2.00. The molecular formula is C14H18N2. The second kappa shape index (κ2) is 3.55. The van der Waals surface area contributed by atoms with Crippen LogP contribution in [0.4, 0.5) is 5.69 Å². The van der Waals surface area contributed by atoms with Crippen molar-refractivity contribution in [1.82, 2.24) is 4.57 Å². The highest BCUT2D eigenvalue weighted by Crippen LogP contribution is 2.37. The third-order valence-corrected chi connectivity index (χ3v) is 3.93. The van der Waals surface area contributed by atoms with E-state index in [0.717, 1.165) is 11.6 Å². The number of aryl methyl sites for hydroxylation is 1. The Morgan fingerprint density at radius 2 is 2.00 bits per heavy atom. The fourth-order valence-corrected chi connectivity index (χ4v) is 3.02. The highest BCUT2D eigenvalue weighted by atomic mass is 15.0. The summed E-state index contributed by atoms with van der Waals surface area (Å²) in [5, 5.41) is 1.21. The van der Waals surface area contributed by atoms with Gasteiger partial charge < -0.3 is 10.3 Å². The molecule has 2 heteroatoms. The Hall–Kier alpha value is -1.44. The Labute approximate surface area is 96.1 Å². The summed E-state index contributed by atoms with van der Waals surface area (Å²) in [5.41, 5.74) is 9.65. The summed E-state index contributed by atoms with van der Waals surface area (Å²) in [4.78, 5) is 0. The largest absolute Gasteiger partial charge is 0.398 e. The zero-order chi connectivity index (χ0) is 11.1. The quantitative estimate of drug-likeness (QED) is 0.724. The van der Waals surface area contributed by atoms with Crippen LogP contribution in [0.25, 0.3) is 10.9 Å². The molecule has 0 unspecified atom stereocenters. The second-order valence-corrected chi connectivity index (χ2v) is 4.89. The van der Waals surface area contributed by atoms with E-state index in [1.165, 1.54) is 42.3 Å². The van der Waals surface area contributed by atoms with E-state index in [4.69, 9.17) is 5.73 Å². The monoisotopic (exact) mass is 214 g/mol. The molecule has 1 heterocycles. The van der Waals surface area contributed by atoms with Gasteiger partial charge in [-0.25, -0.2) is 0 Å². The standard InChI is InChI=1S/C14H18N2/c1-16-13-8-4-7-12(15)11(13)9-14(16)10-5-2-3-6-10/h4,7-10H,2-3,5-6,15H2,1H3. The van der Waals surface area contributed by atoms with Crippen molar-refractivity contribution in [1.29, 1.82) is 0 Å². The van der Waals surface area contributed by atoms with Gasteiger partial charge in [-0.05, 0) is 37.0 Å². The Morgan fingerprint density at radius 1 is 1.25 bits per heavy atom. The lowest BCUT2D eigenvalue weighted by Gasteiger charge is -2.10. The van der Waals surface area contributed by atoms with Crippen molar-refractivity contribution in [2.45, 2.75) is 31.6 Å². The van der Waals surface area contributed by atoms with E-state index >= 15 is 0 Å². The van der Waals surface area contributed by atoms with Crippen molar-refractivity contribution in [3.05, 3.63) is 30.0 Å². The average molecular weight is 214 g/mol. The first-order valence-electron chi connectivity index (χ1n) is 6.11. The number of nitrogen functional groups attached to an aromatic ring is 1. The lowest BCUT2D eigenvalue weighted by molar-refractivity contribution is 0.663. The molecule has 0 bridgehead atoms. The van der Waals surface area contributed by atoms with Gasteiger partial charge in [0.05, 0.1) is 5.52 Å². The summed E-state index contributed by atoms with van der Waals surface area (Å²) < 4.78 is 2.32. The third kappa shape index (κ3) is 1.33. The molecule has 1 aliphatic carbocycles. The van der Waals surface area contributed by atoms with Gasteiger partial charge in [0, 0.05) is 23.8 Å². The Bertz CT molecular complexity index is 519. The molecule has 2 N–H and O–H groups in total. The summed E-state index contributed by atoms with van der Waals surface area (Å²) >= 11 is 0. The van der Waals surface area contributed by atoms with Crippen LogP contribution in [0.2, 0.25) is 0 Å². The molecular weight excluding hydrogens is 196 g/mol. The number of rotatable bonds is 1. The van der Waals surface area contributed by atoms with Crippen LogP contribution in [0.1, 0.15) is 37.3 Å². The van der Waals surface area contributed by atoms with Crippen LogP contribution in [0.5, 0.6) is 0 Å². The minimum absolute atomic E-state index is 0.747. The summed E-state index contributed by atoms with van der Waals surface area (Å²) in [6.45, 7) is 0. The summed E-state index contributed by atoms with van der Waals surface area (Å²) in [7, 11) is 2.16. The van der Waals surface area contributed by atoms with Gasteiger partial charge in [0.25, 0.3) is 0 Å². The number of hydrogen-bond acceptors (Lipinski definition) is 1. The lowest BCUT2D eigenvalue weighted by atomic mass is 10.0. The number of nitrogens with zero attached hydrogens (tertiary/aromatic N) is 1. The summed E-state index contributed by atoms with van der Waals surface area (Å²) in [6.07, 6.45) is 5.43. The fourth-order valence-electron chi connectivity index (χ4n) is 3.02. The zero-order valence-corrected chi connectivity index (χ0v) is 9.74. The molecule has 16 heavy (non-hydrogen) atoms. The fraction of sp³-hybridized carbons (Fsp3) is 0.429. The maximum absolute atomic E-state index is 6.02. The SMILES string of the molecule is Cn1c(C2CCCC2)cc2c(N)cccc21. The number of nitrogens with two attached hydrogens (primary N) is 1. The number of fused-ring (bicyclic) bond motifs is 1. The molecule has 2 aromatic rings. The number of hydrogen-bond donors (Lipinski definition) is 1. The van der Waals surface area contributed by atoms with Gasteiger partial charge in [0.2, 0.25) is 0 Å². The normalized spacial score (nSPS) is 17.3. The minimum atomic E-state index is 0.747. The van der Waals surface area contributed by atoms with Gasteiger partial charge in [-0.15, -0.1) is 0 Å². The van der Waals surface area contributed by atoms with Crippen molar-refractivity contribution < 1.29 is 0 Å². The van der Waals surface area contributed by atoms with Crippen LogP contribution in [-0.2, 0) is 7.05 Å². The Balaban J connectivity index is 2.18. The number of anilines is 1. The van der Waals surface area contributed by atoms with Gasteiger partial charge in [-0.2, -0.15) is 0 Å². The van der Waals surface area contributed by atoms with Crippen LogP contribution in [0, 0.1) is 0 Å². The minimum Gasteiger partial charge on any atom is -0.398 e. The molecule has 0 spiro atoms. The highest BCUT2D eigenvalue weighted by molar-refractivity contribution is 5.92. The molecule has 0 saturated heterocycles. The second-order valence-electron chi connectivity index (χ2n) is 4.89. The van der Waals surface area contributed by atoms with Gasteiger partial charge in [0.1, 0.15) is 0 Å². The van der Waals surface area contributed by atoms with E-state index in [-0.39, 0.29) is 0 Å². The first-order valence-corrected chi connectivity index (χ1v) is 6.11. The topological polar surface area (TPSA) is 30.9 Å². The van der Waals surface area contributed by atoms with Crippen molar-refractivity contribution in [3.8, 4) is 0 Å². The van der Waals surface area contributed by atoms with E-state index in [9.17, 15) is 0 Å². The van der Waals surface area contributed by atoms with Crippen molar-refractivity contribution >= 4 is 16.6 Å². The summed E-state index contributed by atoms with van der Waals surface area (Å²) in [5.74, 6) is 0.747. The van der Waals surface area contributed by atoms with Crippen LogP contribution in [0.15, 0.2) is 24.3 Å². The van der Waals surface area contributed by atoms with Gasteiger partial charge in [-0.3, -0.25) is 0 Å². The van der Waals surface area contributed by atoms with E-state index in [1.54, 1.807) is 0 Å². The van der Waals surface area contributed by atoms with Gasteiger partial charge >= 0.3 is 0 Å². The molecule has 0 aliphatic heterocycles. The summed E-state index contributed by atoms with van der Waals surface area (Å²) in [6, 6.07) is 8.47. The molecule has 1 aliphatic rings. The molecule has 1 saturated carbocycles. The molecule has 1 fully saturated rings. The maximum atomic E-state index is 6.02. The van der Waals surface area contributed by atoms with E-state index in [2.05, 4.69) is 23.7 Å². The van der Waals surface area contributed by atoms with Crippen LogP contribution in [0.3, 0.4) is 0 Å². The number of benzene rings is 1. The first-order chi connectivity index (χ1) is 7.77. The van der Waals surface area contributed by atoms with Gasteiger partial charge in [0.15, 0.2) is 0 Å². The van der Waals surface area contributed by atoms with Gasteiger partial charge in [-0.1, -0.05) is 18.9 Å². The molecule has 3 rings (SSSR count). The third-order valence-electron chi connectivity index (χ3n) is 3.93. The Morgan fingerprint density at radius 3 is 2.69 bits per heavy atom. The number of aromatic nitrogens is 1. The molecule has 84 valence electrons. The molecule has 0 amide bonds. The predicted molar refractivity (Wildman–Crippen MR) is 68.5 cm³/mol. The van der Waals surface area contributed by atoms with E-state index in [1.807, 2.05) is 12.1 Å². The van der Waals surface area contributed by atoms with Crippen molar-refractivity contribution in [2.24, 2.45) is 7.05 Å². The smallest absolute Gasteiger partial charge is 0.0500 e. The van der Waals surface area contributed by atoms with E-state index in [0.29, 0.717) is 0 Å². The van der Waals surface area contributed by atoms with Crippen LogP contribution >= 0.6 is 0 Å². The van der Waals surface area contributed by atoms with Crippen LogP contribution < -0.4 is 5.73 Å². The molecule has 0 atom stereocenters. The average Bonchev–Trinajstić information content (AvgIpc) is 2.88. The van der Waals surface area contributed by atoms with E-state index < -0.39 is 0 Å². The molecule has 0 radical (unpaired) electrons. The molecule has 1 aromatic heterocycles. The first kappa shape index (κ1) is 9.76. The zero-order valence-electron chi connectivity index (χ0n) is 9.74. The van der Waals surface area contributed by atoms with Crippen molar-refractivity contribution in [3.63, 3.8) is 0 Å². The molecule has 1 aromatic carbocycles. The highest BCUT2D eigenvalue weighted by Gasteiger charge is 2.21. The maximum Gasteiger partial charge on any atom is 0.0500 e. The Kier molecular flexibility index (Phi) is 2.16. The van der Waals surface area contributed by atoms with Crippen LogP contribution in [-0.4, -0.2) is 4.57 Å². The van der Waals surface area contributed by atoms with Crippen molar-refractivity contribution in [2.75, 3.05) is 5.73 Å². The predicted octanol–water partition coefficient (Wildman–Crippen LogP) is 3.42. The molecule has 2 nitrogen and oxygen atoms in total.